The molecule has 0 N–H and O–H groups in total. The highest BCUT2D eigenvalue weighted by Crippen LogP contribution is 2.18. The maximum absolute atomic E-state index is 5.91. The van der Waals surface area contributed by atoms with Gasteiger partial charge in [-0.2, -0.15) is 0 Å². The molecular formula is C13H28O5Si. The van der Waals surface area contributed by atoms with E-state index in [1.807, 2.05) is 0 Å². The fourth-order valence-corrected chi connectivity index (χ4v) is 3.94. The van der Waals surface area contributed by atoms with Crippen molar-refractivity contribution in [3.63, 3.8) is 0 Å². The molecule has 0 bridgehead atoms. The maximum atomic E-state index is 5.91. The van der Waals surface area contributed by atoms with Crippen LogP contribution >= 0.6 is 0 Å². The molecule has 0 radical (unpaired) electrons. The molecule has 0 aromatic rings. The topological polar surface area (TPSA) is 49.5 Å². The first-order chi connectivity index (χ1) is 9.15. The van der Waals surface area contributed by atoms with E-state index in [-0.39, 0.29) is 6.10 Å². The Hall–Kier alpha value is 0.0169. The minimum absolute atomic E-state index is 0.177. The highest BCUT2D eigenvalue weighted by atomic mass is 28.4. The third-order valence-electron chi connectivity index (χ3n) is 3.27. The molecule has 0 spiro atoms. The third-order valence-corrected chi connectivity index (χ3v) is 6.13. The molecular weight excluding hydrogens is 264 g/mol. The number of ether oxygens (including phenoxy) is 2. The lowest BCUT2D eigenvalue weighted by Gasteiger charge is -2.27. The van der Waals surface area contributed by atoms with Gasteiger partial charge in [0, 0.05) is 26.9 Å². The summed E-state index contributed by atoms with van der Waals surface area (Å²) in [6, 6.07) is 0.877. The van der Waals surface area contributed by atoms with Gasteiger partial charge >= 0.3 is 8.80 Å². The Labute approximate surface area is 117 Å². The highest BCUT2D eigenvalue weighted by molar-refractivity contribution is 6.60. The first-order valence-electron chi connectivity index (χ1n) is 7.13. The summed E-state index contributed by atoms with van der Waals surface area (Å²) in [6.07, 6.45) is 3.53. The third kappa shape index (κ3) is 6.83. The van der Waals surface area contributed by atoms with Gasteiger partial charge in [-0.1, -0.05) is 13.3 Å². The van der Waals surface area contributed by atoms with Crippen molar-refractivity contribution in [3.05, 3.63) is 0 Å². The molecule has 1 aliphatic rings. The minimum Gasteiger partial charge on any atom is -0.377 e. The number of epoxide rings is 1. The first-order valence-corrected chi connectivity index (χ1v) is 9.06. The normalized spacial score (nSPS) is 20.5. The molecule has 114 valence electrons. The van der Waals surface area contributed by atoms with Crippen LogP contribution in [-0.2, 0) is 22.8 Å². The largest absolute Gasteiger partial charge is 0.500 e. The van der Waals surface area contributed by atoms with Gasteiger partial charge in [0.05, 0.1) is 19.3 Å². The van der Waals surface area contributed by atoms with Gasteiger partial charge in [0.2, 0.25) is 0 Å². The van der Waals surface area contributed by atoms with E-state index >= 15 is 0 Å². The molecule has 5 nitrogen and oxygen atoms in total. The zero-order valence-corrected chi connectivity index (χ0v) is 13.6. The fourth-order valence-electron chi connectivity index (χ4n) is 1.77. The monoisotopic (exact) mass is 292 g/mol. The molecule has 2 atom stereocenters. The van der Waals surface area contributed by atoms with Crippen molar-refractivity contribution >= 4 is 8.80 Å². The van der Waals surface area contributed by atoms with E-state index < -0.39 is 8.80 Å². The first kappa shape index (κ1) is 17.1. The lowest BCUT2D eigenvalue weighted by Crippen LogP contribution is -2.44. The number of hydrogen-bond acceptors (Lipinski definition) is 5. The molecule has 0 aliphatic carbocycles. The van der Waals surface area contributed by atoms with Crippen LogP contribution in [0.25, 0.3) is 0 Å². The van der Waals surface area contributed by atoms with Gasteiger partial charge in [0.25, 0.3) is 0 Å². The number of rotatable bonds is 12. The van der Waals surface area contributed by atoms with Crippen LogP contribution in [-0.4, -0.2) is 55.1 Å². The number of unbranched alkanes of at least 4 members (excludes halogenated alkanes) is 1. The molecule has 2 unspecified atom stereocenters. The van der Waals surface area contributed by atoms with Crippen LogP contribution in [0.5, 0.6) is 0 Å². The van der Waals surface area contributed by atoms with Crippen LogP contribution in [0.15, 0.2) is 0 Å². The van der Waals surface area contributed by atoms with Gasteiger partial charge in [-0.25, -0.2) is 0 Å². The van der Waals surface area contributed by atoms with E-state index in [4.69, 9.17) is 22.8 Å². The zero-order valence-electron chi connectivity index (χ0n) is 12.6. The fraction of sp³-hybridized carbons (Fsp3) is 1.00. The van der Waals surface area contributed by atoms with Crippen molar-refractivity contribution in [2.45, 2.75) is 51.4 Å². The molecule has 0 aromatic carbocycles. The van der Waals surface area contributed by atoms with E-state index in [9.17, 15) is 0 Å². The van der Waals surface area contributed by atoms with Crippen molar-refractivity contribution < 1.29 is 22.8 Å². The number of hydrogen-bond donors (Lipinski definition) is 0. The average molecular weight is 292 g/mol. The highest BCUT2D eigenvalue weighted by Gasteiger charge is 2.38. The van der Waals surface area contributed by atoms with Crippen molar-refractivity contribution in [1.29, 1.82) is 0 Å². The summed E-state index contributed by atoms with van der Waals surface area (Å²) in [7, 11) is 0.909. The van der Waals surface area contributed by atoms with E-state index in [2.05, 4.69) is 13.8 Å². The van der Waals surface area contributed by atoms with E-state index in [0.29, 0.717) is 19.3 Å². The van der Waals surface area contributed by atoms with Crippen LogP contribution in [0, 0.1) is 0 Å². The molecule has 0 saturated carbocycles. The van der Waals surface area contributed by atoms with E-state index in [1.54, 1.807) is 14.2 Å². The lowest BCUT2D eigenvalue weighted by atomic mass is 10.3. The zero-order chi connectivity index (χ0) is 14.1. The van der Waals surface area contributed by atoms with Crippen LogP contribution in [0.4, 0.5) is 0 Å². The Bertz CT molecular complexity index is 231. The lowest BCUT2D eigenvalue weighted by molar-refractivity contribution is 0.0276. The Morgan fingerprint density at radius 2 is 2.00 bits per heavy atom. The predicted octanol–water partition coefficient (Wildman–Crippen LogP) is 2.23. The molecule has 6 heteroatoms. The Kier molecular flexibility index (Phi) is 8.13. The second kappa shape index (κ2) is 9.04. The second-order valence-electron chi connectivity index (χ2n) is 4.93. The molecule has 1 fully saturated rings. The average Bonchev–Trinajstić information content (AvgIpc) is 3.25. The van der Waals surface area contributed by atoms with Crippen molar-refractivity contribution in [1.82, 2.24) is 0 Å². The summed E-state index contributed by atoms with van der Waals surface area (Å²) in [4.78, 5) is 0. The summed E-state index contributed by atoms with van der Waals surface area (Å²) < 4.78 is 27.7. The van der Waals surface area contributed by atoms with Crippen molar-refractivity contribution in [3.8, 4) is 0 Å². The Balaban J connectivity index is 2.17. The Morgan fingerprint density at radius 3 is 2.53 bits per heavy atom. The summed E-state index contributed by atoms with van der Waals surface area (Å²) in [5.41, 5.74) is 0. The molecule has 1 saturated heterocycles. The standard InChI is InChI=1S/C13H28O5Si/c1-5-6-9-19(14-3,15-4)18-8-7-12(2)16-10-13-11-17-13/h12-13H,5-11H2,1-4H3. The second-order valence-corrected chi connectivity index (χ2v) is 7.90. The summed E-state index contributed by atoms with van der Waals surface area (Å²) in [6.45, 7) is 6.35. The molecule has 1 heterocycles. The van der Waals surface area contributed by atoms with Crippen LogP contribution < -0.4 is 0 Å². The van der Waals surface area contributed by atoms with Gasteiger partial charge < -0.3 is 22.8 Å². The summed E-state index contributed by atoms with van der Waals surface area (Å²) in [5.74, 6) is 0. The van der Waals surface area contributed by atoms with Gasteiger partial charge in [0.15, 0.2) is 0 Å². The molecule has 19 heavy (non-hydrogen) atoms. The smallest absolute Gasteiger partial charge is 0.377 e. The van der Waals surface area contributed by atoms with Gasteiger partial charge in [0.1, 0.15) is 6.10 Å². The molecule has 0 amide bonds. The molecule has 0 aromatic heterocycles. The SMILES string of the molecule is CCCC[Si](OC)(OC)OCCC(C)OCC1CO1. The van der Waals surface area contributed by atoms with Crippen LogP contribution in [0.2, 0.25) is 6.04 Å². The van der Waals surface area contributed by atoms with Gasteiger partial charge in [-0.3, -0.25) is 0 Å². The van der Waals surface area contributed by atoms with Crippen molar-refractivity contribution in [2.24, 2.45) is 0 Å². The maximum Gasteiger partial charge on any atom is 0.500 e. The van der Waals surface area contributed by atoms with Crippen molar-refractivity contribution in [2.75, 3.05) is 34.0 Å². The Morgan fingerprint density at radius 1 is 1.32 bits per heavy atom. The quantitative estimate of drug-likeness (QED) is 0.408. The molecule has 1 aliphatic heterocycles. The summed E-state index contributed by atoms with van der Waals surface area (Å²) >= 11 is 0. The minimum atomic E-state index is -2.44. The predicted molar refractivity (Wildman–Crippen MR) is 75.2 cm³/mol. The van der Waals surface area contributed by atoms with Crippen LogP contribution in [0.3, 0.4) is 0 Å². The summed E-state index contributed by atoms with van der Waals surface area (Å²) in [5, 5.41) is 0. The molecule has 1 rings (SSSR count). The van der Waals surface area contributed by atoms with E-state index in [1.165, 1.54) is 0 Å². The van der Waals surface area contributed by atoms with Gasteiger partial charge in [-0.05, 0) is 19.8 Å². The van der Waals surface area contributed by atoms with Gasteiger partial charge in [-0.15, -0.1) is 0 Å². The van der Waals surface area contributed by atoms with Crippen LogP contribution in [0.1, 0.15) is 33.1 Å². The van der Waals surface area contributed by atoms with E-state index in [0.717, 1.165) is 31.9 Å².